The van der Waals surface area contributed by atoms with Gasteiger partial charge in [-0.1, -0.05) is 18.2 Å². The Morgan fingerprint density at radius 2 is 2.15 bits per heavy atom. The Kier molecular flexibility index (Phi) is 3.79. The summed E-state index contributed by atoms with van der Waals surface area (Å²) in [5, 5.41) is 24.4. The molecule has 1 heterocycles. The highest BCUT2D eigenvalue weighted by Gasteiger charge is 2.42. The number of halogens is 1. The minimum atomic E-state index is -0.514. The molecule has 3 atom stereocenters. The number of rotatable bonds is 3. The largest absolute Gasteiger partial charge is 0.504 e. The van der Waals surface area contributed by atoms with Crippen LogP contribution in [0.2, 0.25) is 0 Å². The van der Waals surface area contributed by atoms with Crippen molar-refractivity contribution in [3.05, 3.63) is 69.5 Å². The van der Waals surface area contributed by atoms with Gasteiger partial charge in [-0.15, -0.1) is 0 Å². The summed E-state index contributed by atoms with van der Waals surface area (Å²) >= 11 is 0. The molecule has 0 saturated carbocycles. The van der Waals surface area contributed by atoms with Crippen LogP contribution in [0, 0.1) is 21.8 Å². The van der Waals surface area contributed by atoms with Crippen LogP contribution in [0.5, 0.6) is 11.5 Å². The van der Waals surface area contributed by atoms with Crippen molar-refractivity contribution in [3.8, 4) is 11.5 Å². The zero-order valence-electron chi connectivity index (χ0n) is 14.0. The van der Waals surface area contributed by atoms with Gasteiger partial charge >= 0.3 is 0 Å². The molecule has 0 amide bonds. The number of nitro groups is 1. The third-order valence-corrected chi connectivity index (χ3v) is 5.21. The van der Waals surface area contributed by atoms with Gasteiger partial charge in [-0.2, -0.15) is 0 Å². The molecule has 0 bridgehead atoms. The van der Waals surface area contributed by atoms with Gasteiger partial charge in [0, 0.05) is 12.0 Å². The molecule has 2 N–H and O–H groups in total. The van der Waals surface area contributed by atoms with Gasteiger partial charge < -0.3 is 15.2 Å². The van der Waals surface area contributed by atoms with Gasteiger partial charge in [0.2, 0.25) is 0 Å². The fourth-order valence-electron chi connectivity index (χ4n) is 4.03. The summed E-state index contributed by atoms with van der Waals surface area (Å²) in [5.41, 5.74) is 1.33. The number of allylic oxidation sites excluding steroid dienone is 2. The molecule has 0 aromatic heterocycles. The van der Waals surface area contributed by atoms with Crippen LogP contribution in [0.15, 0.2) is 42.5 Å². The summed E-state index contributed by atoms with van der Waals surface area (Å²) in [7, 11) is 1.46. The van der Waals surface area contributed by atoms with E-state index in [1.807, 2.05) is 12.2 Å². The maximum absolute atomic E-state index is 14.5. The second-order valence-corrected chi connectivity index (χ2v) is 6.52. The van der Waals surface area contributed by atoms with E-state index < -0.39 is 10.7 Å². The molecule has 0 fully saturated rings. The predicted molar refractivity (Wildman–Crippen MR) is 94.1 cm³/mol. The van der Waals surface area contributed by atoms with Crippen molar-refractivity contribution >= 4 is 11.4 Å². The van der Waals surface area contributed by atoms with E-state index in [0.29, 0.717) is 11.3 Å². The third-order valence-electron chi connectivity index (χ3n) is 5.21. The van der Waals surface area contributed by atoms with Crippen LogP contribution >= 0.6 is 0 Å². The Morgan fingerprint density at radius 1 is 1.35 bits per heavy atom. The molecule has 2 aromatic carbocycles. The number of nitrogens with zero attached hydrogens (tertiary/aromatic N) is 1. The first kappa shape index (κ1) is 16.4. The number of hydrogen-bond acceptors (Lipinski definition) is 5. The van der Waals surface area contributed by atoms with Gasteiger partial charge in [0.25, 0.3) is 5.69 Å². The Labute approximate surface area is 149 Å². The van der Waals surface area contributed by atoms with Crippen molar-refractivity contribution in [2.24, 2.45) is 5.92 Å². The minimum Gasteiger partial charge on any atom is -0.504 e. The lowest BCUT2D eigenvalue weighted by Gasteiger charge is -2.37. The molecular weight excluding hydrogens is 339 g/mol. The van der Waals surface area contributed by atoms with Gasteiger partial charge in [-0.3, -0.25) is 10.1 Å². The fraction of sp³-hybridized carbons (Fsp3) is 0.263. The smallest absolute Gasteiger partial charge is 0.275 e. The maximum atomic E-state index is 14.5. The summed E-state index contributed by atoms with van der Waals surface area (Å²) in [6, 6.07) is 7.09. The van der Waals surface area contributed by atoms with E-state index in [2.05, 4.69) is 5.32 Å². The Morgan fingerprint density at radius 3 is 2.88 bits per heavy atom. The van der Waals surface area contributed by atoms with Crippen LogP contribution in [0.1, 0.15) is 29.5 Å². The van der Waals surface area contributed by atoms with Crippen LogP contribution in [0.25, 0.3) is 0 Å². The van der Waals surface area contributed by atoms with E-state index in [1.54, 1.807) is 12.1 Å². The molecule has 2 aromatic rings. The van der Waals surface area contributed by atoms with Crippen LogP contribution in [-0.2, 0) is 0 Å². The molecule has 2 aliphatic rings. The Balaban J connectivity index is 1.85. The molecule has 0 radical (unpaired) electrons. The van der Waals surface area contributed by atoms with Crippen molar-refractivity contribution in [1.29, 1.82) is 0 Å². The lowest BCUT2D eigenvalue weighted by molar-refractivity contribution is -0.385. The van der Waals surface area contributed by atoms with Gasteiger partial charge in [0.15, 0.2) is 11.5 Å². The molecule has 4 rings (SSSR count). The molecule has 1 aliphatic heterocycles. The molecular formula is C19H17FN2O4. The topological polar surface area (TPSA) is 84.6 Å². The molecule has 26 heavy (non-hydrogen) atoms. The number of nitro benzene ring substituents is 1. The highest BCUT2D eigenvalue weighted by Crippen LogP contribution is 2.53. The van der Waals surface area contributed by atoms with Crippen LogP contribution < -0.4 is 10.1 Å². The van der Waals surface area contributed by atoms with E-state index in [4.69, 9.17) is 4.74 Å². The maximum Gasteiger partial charge on any atom is 0.275 e. The summed E-state index contributed by atoms with van der Waals surface area (Å²) in [6.07, 6.45) is 4.62. The summed E-state index contributed by atoms with van der Waals surface area (Å²) in [6.45, 7) is 0. The van der Waals surface area contributed by atoms with E-state index in [0.717, 1.165) is 18.1 Å². The minimum absolute atomic E-state index is 0.0113. The Hall–Kier alpha value is -3.09. The second kappa shape index (κ2) is 6.01. The number of phenolic OH excluding ortho intramolecular Hbond substituents is 1. The van der Waals surface area contributed by atoms with Crippen molar-refractivity contribution in [2.75, 3.05) is 12.4 Å². The monoisotopic (exact) mass is 356 g/mol. The van der Waals surface area contributed by atoms with Crippen LogP contribution in [0.3, 0.4) is 0 Å². The van der Waals surface area contributed by atoms with Crippen molar-refractivity contribution < 1.29 is 19.2 Å². The summed E-state index contributed by atoms with van der Waals surface area (Å²) < 4.78 is 19.7. The molecule has 3 unspecified atom stereocenters. The number of anilines is 1. The number of aromatic hydroxyl groups is 1. The van der Waals surface area contributed by atoms with Gasteiger partial charge in [0.05, 0.1) is 29.3 Å². The molecule has 7 heteroatoms. The fourth-order valence-corrected chi connectivity index (χ4v) is 4.03. The third kappa shape index (κ3) is 2.39. The predicted octanol–water partition coefficient (Wildman–Crippen LogP) is 4.27. The van der Waals surface area contributed by atoms with E-state index in [1.165, 1.54) is 19.2 Å². The summed E-state index contributed by atoms with van der Waals surface area (Å²) in [5.74, 6) is -0.392. The number of nitrogens with one attached hydrogen (secondary N) is 1. The zero-order chi connectivity index (χ0) is 18.4. The van der Waals surface area contributed by atoms with E-state index in [9.17, 15) is 19.6 Å². The SMILES string of the molecule is COc1cc(C2Nc3c(F)ccc([N+](=O)[O-])c3C3C=CCC32)ccc1O. The molecule has 6 nitrogen and oxygen atoms in total. The first-order valence-corrected chi connectivity index (χ1v) is 8.28. The number of ether oxygens (including phenoxy) is 1. The number of hydrogen-bond donors (Lipinski definition) is 2. The van der Waals surface area contributed by atoms with Gasteiger partial charge in [-0.25, -0.2) is 4.39 Å². The number of fused-ring (bicyclic) bond motifs is 3. The van der Waals surface area contributed by atoms with E-state index >= 15 is 0 Å². The first-order chi connectivity index (χ1) is 12.5. The molecule has 0 saturated heterocycles. The molecule has 0 spiro atoms. The number of methoxy groups -OCH3 is 1. The number of benzene rings is 2. The average Bonchev–Trinajstić information content (AvgIpc) is 3.11. The van der Waals surface area contributed by atoms with Crippen molar-refractivity contribution in [3.63, 3.8) is 0 Å². The molecule has 134 valence electrons. The normalized spacial score (nSPS) is 23.1. The van der Waals surface area contributed by atoms with Gasteiger partial charge in [0.1, 0.15) is 5.82 Å². The standard InChI is InChI=1S/C19H17FN2O4/c1-26-16-9-10(5-8-15(16)23)18-12-4-2-3-11(12)17-14(22(24)25)7-6-13(20)19(17)21-18/h2-3,5-9,11-12,18,21,23H,4H2,1H3. The quantitative estimate of drug-likeness (QED) is 0.487. The van der Waals surface area contributed by atoms with Crippen molar-refractivity contribution in [2.45, 2.75) is 18.4 Å². The molecule has 1 aliphatic carbocycles. The second-order valence-electron chi connectivity index (χ2n) is 6.52. The van der Waals surface area contributed by atoms with Crippen LogP contribution in [-0.4, -0.2) is 17.1 Å². The highest BCUT2D eigenvalue weighted by atomic mass is 19.1. The lowest BCUT2D eigenvalue weighted by atomic mass is 9.76. The lowest BCUT2D eigenvalue weighted by Crippen LogP contribution is -2.30. The van der Waals surface area contributed by atoms with Crippen molar-refractivity contribution in [1.82, 2.24) is 0 Å². The summed E-state index contributed by atoms with van der Waals surface area (Å²) in [4.78, 5) is 11.0. The van der Waals surface area contributed by atoms with E-state index in [-0.39, 0.29) is 35.0 Å². The number of phenols is 1. The van der Waals surface area contributed by atoms with Crippen LogP contribution in [0.4, 0.5) is 15.8 Å². The van der Waals surface area contributed by atoms with Gasteiger partial charge in [-0.05, 0) is 36.1 Å². The zero-order valence-corrected chi connectivity index (χ0v) is 14.0. The average molecular weight is 356 g/mol. The first-order valence-electron chi connectivity index (χ1n) is 8.28. The Bertz CT molecular complexity index is 928. The highest BCUT2D eigenvalue weighted by molar-refractivity contribution is 5.68.